The molecule has 2 rings (SSSR count). The number of anilines is 1. The van der Waals surface area contributed by atoms with Crippen LogP contribution in [0.4, 0.5) is 5.13 Å². The van der Waals surface area contributed by atoms with E-state index in [9.17, 15) is 4.79 Å². The summed E-state index contributed by atoms with van der Waals surface area (Å²) in [4.78, 5) is 17.1. The number of nitrogens with zero attached hydrogens (tertiary/aromatic N) is 1. The number of benzene rings is 1. The lowest BCUT2D eigenvalue weighted by Gasteiger charge is -2.10. The summed E-state index contributed by atoms with van der Waals surface area (Å²) in [6.45, 7) is 1.95. The molecule has 0 saturated heterocycles. The maximum Gasteiger partial charge on any atom is 0.226 e. The number of hydrogen-bond acceptors (Lipinski definition) is 5. The highest BCUT2D eigenvalue weighted by molar-refractivity contribution is 7.15. The molecule has 0 atom stereocenters. The fraction of sp³-hybridized carbons (Fsp3) is 0.333. The van der Waals surface area contributed by atoms with Crippen LogP contribution in [0.1, 0.15) is 16.9 Å². The summed E-state index contributed by atoms with van der Waals surface area (Å²) in [5.74, 6) is 1.45. The number of thiazole rings is 1. The van der Waals surface area contributed by atoms with Crippen LogP contribution in [0.2, 0.25) is 0 Å². The molecule has 1 N–H and O–H groups in total. The molecule has 0 aliphatic rings. The van der Waals surface area contributed by atoms with Crippen LogP contribution in [0.3, 0.4) is 0 Å². The van der Waals surface area contributed by atoms with Crippen molar-refractivity contribution in [3.8, 4) is 11.5 Å². The molecule has 0 aliphatic heterocycles. The number of rotatable bonds is 6. The number of carbonyl (C=O) groups excluding carboxylic acids is 1. The molecular formula is C15H18N2O3S. The monoisotopic (exact) mass is 306 g/mol. The quantitative estimate of drug-likeness (QED) is 0.891. The highest BCUT2D eigenvalue weighted by Gasteiger charge is 2.09. The predicted molar refractivity (Wildman–Crippen MR) is 83.3 cm³/mol. The molecule has 0 unspecified atom stereocenters. The average molecular weight is 306 g/mol. The lowest BCUT2D eigenvalue weighted by Crippen LogP contribution is -2.12. The zero-order valence-corrected chi connectivity index (χ0v) is 13.1. The Morgan fingerprint density at radius 3 is 2.76 bits per heavy atom. The van der Waals surface area contributed by atoms with Crippen LogP contribution in [0, 0.1) is 6.92 Å². The number of hydrogen-bond donors (Lipinski definition) is 1. The van der Waals surface area contributed by atoms with Gasteiger partial charge < -0.3 is 14.8 Å². The number of ether oxygens (including phenoxy) is 2. The third-order valence-corrected chi connectivity index (χ3v) is 3.80. The van der Waals surface area contributed by atoms with E-state index >= 15 is 0 Å². The molecule has 0 bridgehead atoms. The standard InChI is InChI=1S/C15H18N2O3S/c1-10-9-16-15(21-10)17-14(18)7-4-11-8-12(19-2)5-6-13(11)20-3/h5-6,8-9H,4,7H2,1-3H3,(H,16,17,18). The number of methoxy groups -OCH3 is 2. The van der Waals surface area contributed by atoms with Gasteiger partial charge in [-0.05, 0) is 37.1 Å². The van der Waals surface area contributed by atoms with Crippen molar-refractivity contribution in [3.63, 3.8) is 0 Å². The number of carbonyl (C=O) groups is 1. The highest BCUT2D eigenvalue weighted by atomic mass is 32.1. The Bertz CT molecular complexity index is 625. The molecule has 1 aromatic heterocycles. The van der Waals surface area contributed by atoms with Gasteiger partial charge in [-0.15, -0.1) is 11.3 Å². The first-order chi connectivity index (χ1) is 10.1. The van der Waals surface area contributed by atoms with E-state index in [0.29, 0.717) is 18.0 Å². The minimum absolute atomic E-state index is 0.0609. The molecule has 0 saturated carbocycles. The Morgan fingerprint density at radius 1 is 1.33 bits per heavy atom. The second-order valence-electron chi connectivity index (χ2n) is 4.50. The lowest BCUT2D eigenvalue weighted by molar-refractivity contribution is -0.116. The SMILES string of the molecule is COc1ccc(OC)c(CCC(=O)Nc2ncc(C)s2)c1. The summed E-state index contributed by atoms with van der Waals surface area (Å²) in [7, 11) is 3.23. The van der Waals surface area contributed by atoms with Gasteiger partial charge >= 0.3 is 0 Å². The average Bonchev–Trinajstić information content (AvgIpc) is 2.89. The third kappa shape index (κ3) is 4.19. The number of aryl methyl sites for hydroxylation is 2. The Kier molecular flexibility index (Phi) is 5.16. The van der Waals surface area contributed by atoms with Gasteiger partial charge in [-0.25, -0.2) is 4.98 Å². The van der Waals surface area contributed by atoms with Crippen molar-refractivity contribution in [3.05, 3.63) is 34.8 Å². The van der Waals surface area contributed by atoms with Gasteiger partial charge in [-0.3, -0.25) is 4.79 Å². The molecule has 0 aliphatic carbocycles. The van der Waals surface area contributed by atoms with Crippen molar-refractivity contribution in [2.75, 3.05) is 19.5 Å². The molecular weight excluding hydrogens is 288 g/mol. The first kappa shape index (κ1) is 15.3. The molecule has 2 aromatic rings. The van der Waals surface area contributed by atoms with Gasteiger partial charge in [0.2, 0.25) is 5.91 Å². The van der Waals surface area contributed by atoms with Gasteiger partial charge in [0.15, 0.2) is 5.13 Å². The summed E-state index contributed by atoms with van der Waals surface area (Å²) < 4.78 is 10.5. The Balaban J connectivity index is 1.97. The van der Waals surface area contributed by atoms with Crippen LogP contribution < -0.4 is 14.8 Å². The van der Waals surface area contributed by atoms with Crippen LogP contribution in [0.15, 0.2) is 24.4 Å². The largest absolute Gasteiger partial charge is 0.497 e. The molecule has 0 spiro atoms. The predicted octanol–water partition coefficient (Wildman–Crippen LogP) is 3.04. The third-order valence-electron chi connectivity index (χ3n) is 2.98. The summed E-state index contributed by atoms with van der Waals surface area (Å²) in [5, 5.41) is 3.43. The minimum atomic E-state index is -0.0609. The van der Waals surface area contributed by atoms with Crippen LogP contribution in [-0.2, 0) is 11.2 Å². The van der Waals surface area contributed by atoms with Crippen molar-refractivity contribution >= 4 is 22.4 Å². The van der Waals surface area contributed by atoms with E-state index in [4.69, 9.17) is 9.47 Å². The Morgan fingerprint density at radius 2 is 2.14 bits per heavy atom. The fourth-order valence-electron chi connectivity index (χ4n) is 1.92. The van der Waals surface area contributed by atoms with Gasteiger partial charge in [0, 0.05) is 17.5 Å². The van der Waals surface area contributed by atoms with Crippen molar-refractivity contribution in [1.29, 1.82) is 0 Å². The van der Waals surface area contributed by atoms with Crippen LogP contribution >= 0.6 is 11.3 Å². The molecule has 5 nitrogen and oxygen atoms in total. The summed E-state index contributed by atoms with van der Waals surface area (Å²) in [6.07, 6.45) is 2.68. The first-order valence-electron chi connectivity index (χ1n) is 6.55. The topological polar surface area (TPSA) is 60.5 Å². The Hall–Kier alpha value is -2.08. The van der Waals surface area contributed by atoms with E-state index < -0.39 is 0 Å². The summed E-state index contributed by atoms with van der Waals surface area (Å²) in [6, 6.07) is 5.57. The molecule has 0 radical (unpaired) electrons. The van der Waals surface area contributed by atoms with Crippen molar-refractivity contribution in [1.82, 2.24) is 4.98 Å². The number of nitrogens with one attached hydrogen (secondary N) is 1. The van der Waals surface area contributed by atoms with Crippen molar-refractivity contribution in [2.45, 2.75) is 19.8 Å². The van der Waals surface area contributed by atoms with Gasteiger partial charge in [0.25, 0.3) is 0 Å². The smallest absolute Gasteiger partial charge is 0.226 e. The maximum absolute atomic E-state index is 11.9. The van der Waals surface area contributed by atoms with E-state index in [1.165, 1.54) is 11.3 Å². The maximum atomic E-state index is 11.9. The zero-order valence-electron chi connectivity index (χ0n) is 12.3. The second-order valence-corrected chi connectivity index (χ2v) is 5.74. The van der Waals surface area contributed by atoms with E-state index in [1.807, 2.05) is 25.1 Å². The lowest BCUT2D eigenvalue weighted by atomic mass is 10.1. The first-order valence-corrected chi connectivity index (χ1v) is 7.37. The van der Waals surface area contributed by atoms with E-state index in [0.717, 1.165) is 21.9 Å². The molecule has 6 heteroatoms. The molecule has 1 aromatic carbocycles. The number of amides is 1. The normalized spacial score (nSPS) is 10.2. The highest BCUT2D eigenvalue weighted by Crippen LogP contribution is 2.25. The fourth-order valence-corrected chi connectivity index (χ4v) is 2.60. The molecule has 1 amide bonds. The second kappa shape index (κ2) is 7.08. The van der Waals surface area contributed by atoms with Gasteiger partial charge in [-0.2, -0.15) is 0 Å². The summed E-state index contributed by atoms with van der Waals surface area (Å²) >= 11 is 1.46. The number of aromatic nitrogens is 1. The molecule has 1 heterocycles. The van der Waals surface area contributed by atoms with Gasteiger partial charge in [0.1, 0.15) is 11.5 Å². The molecule has 112 valence electrons. The Labute approximate surface area is 127 Å². The van der Waals surface area contributed by atoms with Crippen molar-refractivity contribution in [2.24, 2.45) is 0 Å². The van der Waals surface area contributed by atoms with Crippen LogP contribution in [-0.4, -0.2) is 25.1 Å². The zero-order chi connectivity index (χ0) is 15.2. The van der Waals surface area contributed by atoms with Crippen LogP contribution in [0.25, 0.3) is 0 Å². The molecule has 0 fully saturated rings. The van der Waals surface area contributed by atoms with E-state index in [-0.39, 0.29) is 5.91 Å². The van der Waals surface area contributed by atoms with Gasteiger partial charge in [0.05, 0.1) is 14.2 Å². The minimum Gasteiger partial charge on any atom is -0.497 e. The molecule has 21 heavy (non-hydrogen) atoms. The van der Waals surface area contributed by atoms with Crippen molar-refractivity contribution < 1.29 is 14.3 Å². The van der Waals surface area contributed by atoms with Gasteiger partial charge in [-0.1, -0.05) is 0 Å². The van der Waals surface area contributed by atoms with E-state index in [2.05, 4.69) is 10.3 Å². The van der Waals surface area contributed by atoms with E-state index in [1.54, 1.807) is 20.4 Å². The van der Waals surface area contributed by atoms with Crippen LogP contribution in [0.5, 0.6) is 11.5 Å². The summed E-state index contributed by atoms with van der Waals surface area (Å²) in [5.41, 5.74) is 0.947.